The van der Waals surface area contributed by atoms with Crippen molar-refractivity contribution in [1.82, 2.24) is 9.88 Å². The first kappa shape index (κ1) is 24.0. The molecule has 1 aliphatic carbocycles. The summed E-state index contributed by atoms with van der Waals surface area (Å²) in [5, 5.41) is 12.8. The Labute approximate surface area is 182 Å². The van der Waals surface area contributed by atoms with Crippen molar-refractivity contribution in [1.29, 1.82) is 0 Å². The fraction of sp³-hybridized carbons (Fsp3) is 0.762. The Balaban J connectivity index is 1.97. The fourth-order valence-corrected chi connectivity index (χ4v) is 5.20. The lowest BCUT2D eigenvalue weighted by atomic mass is 9.86. The lowest BCUT2D eigenvalue weighted by Crippen LogP contribution is -2.45. The minimum absolute atomic E-state index is 0.0676. The van der Waals surface area contributed by atoms with Gasteiger partial charge in [-0.3, -0.25) is 10.1 Å². The summed E-state index contributed by atoms with van der Waals surface area (Å²) in [6, 6.07) is 0.233. The zero-order valence-corrected chi connectivity index (χ0v) is 19.9. The molecule has 1 aliphatic rings. The van der Waals surface area contributed by atoms with E-state index < -0.39 is 11.4 Å². The summed E-state index contributed by atoms with van der Waals surface area (Å²) in [4.78, 5) is 30.6. The Kier molecular flexibility index (Phi) is 8.82. The summed E-state index contributed by atoms with van der Waals surface area (Å²) in [5.74, 6) is 0.937. The molecule has 0 radical (unpaired) electrons. The van der Waals surface area contributed by atoms with Gasteiger partial charge < -0.3 is 10.0 Å². The molecule has 8 heteroatoms. The van der Waals surface area contributed by atoms with Crippen LogP contribution in [0, 0.1) is 17.3 Å². The predicted octanol–water partition coefficient (Wildman–Crippen LogP) is 5.80. The number of anilines is 1. The maximum Gasteiger partial charge on any atom is 0.323 e. The largest absolute Gasteiger partial charge is 0.481 e. The SMILES string of the molecule is CC(C)CCN(C(=O)Nc1ncc(SCC(C)(C)C(=O)O)s1)C1CCC(C)CC1. The van der Waals surface area contributed by atoms with Crippen LogP contribution in [0.2, 0.25) is 0 Å². The van der Waals surface area contributed by atoms with Gasteiger partial charge in [0, 0.05) is 18.3 Å². The van der Waals surface area contributed by atoms with E-state index in [-0.39, 0.29) is 6.03 Å². The molecule has 1 saturated carbocycles. The van der Waals surface area contributed by atoms with Gasteiger partial charge in [0.1, 0.15) is 0 Å². The summed E-state index contributed by atoms with van der Waals surface area (Å²) in [6.07, 6.45) is 7.18. The number of hydrogen-bond acceptors (Lipinski definition) is 5. The van der Waals surface area contributed by atoms with Gasteiger partial charge in [-0.25, -0.2) is 9.78 Å². The van der Waals surface area contributed by atoms with Gasteiger partial charge in [0.05, 0.1) is 15.8 Å². The smallest absolute Gasteiger partial charge is 0.323 e. The monoisotopic (exact) mass is 441 g/mol. The van der Waals surface area contributed by atoms with Crippen LogP contribution in [-0.4, -0.2) is 45.3 Å². The lowest BCUT2D eigenvalue weighted by Gasteiger charge is -2.36. The minimum Gasteiger partial charge on any atom is -0.481 e. The summed E-state index contributed by atoms with van der Waals surface area (Å²) in [5.41, 5.74) is -0.802. The van der Waals surface area contributed by atoms with E-state index in [1.807, 2.05) is 4.90 Å². The van der Waals surface area contributed by atoms with Gasteiger partial charge in [0.25, 0.3) is 0 Å². The van der Waals surface area contributed by atoms with E-state index in [4.69, 9.17) is 0 Å². The topological polar surface area (TPSA) is 82.5 Å². The van der Waals surface area contributed by atoms with E-state index in [9.17, 15) is 14.7 Å². The molecule has 6 nitrogen and oxygen atoms in total. The normalized spacial score (nSPS) is 19.9. The Morgan fingerprint density at radius 1 is 1.34 bits per heavy atom. The maximum atomic E-state index is 13.0. The number of thiazole rings is 1. The molecular weight excluding hydrogens is 406 g/mol. The van der Waals surface area contributed by atoms with E-state index >= 15 is 0 Å². The number of amides is 2. The first-order valence-electron chi connectivity index (χ1n) is 10.5. The molecule has 1 aromatic heterocycles. The van der Waals surface area contributed by atoms with Crippen molar-refractivity contribution in [2.45, 2.75) is 77.0 Å². The second kappa shape index (κ2) is 10.7. The number of aliphatic carboxylic acids is 1. The Morgan fingerprint density at radius 3 is 2.59 bits per heavy atom. The van der Waals surface area contributed by atoms with Gasteiger partial charge >= 0.3 is 12.0 Å². The van der Waals surface area contributed by atoms with Gasteiger partial charge in [-0.05, 0) is 57.8 Å². The van der Waals surface area contributed by atoms with Crippen molar-refractivity contribution in [3.63, 3.8) is 0 Å². The maximum absolute atomic E-state index is 13.0. The van der Waals surface area contributed by atoms with Crippen LogP contribution in [0.3, 0.4) is 0 Å². The quantitative estimate of drug-likeness (QED) is 0.473. The van der Waals surface area contributed by atoms with Gasteiger partial charge in [0.2, 0.25) is 0 Å². The molecule has 0 aromatic carbocycles. The van der Waals surface area contributed by atoms with Crippen LogP contribution in [-0.2, 0) is 4.79 Å². The Bertz CT molecular complexity index is 682. The van der Waals surface area contributed by atoms with Crippen LogP contribution in [0.1, 0.15) is 66.7 Å². The Hall–Kier alpha value is -1.28. The number of nitrogens with zero attached hydrogens (tertiary/aromatic N) is 2. The molecule has 2 amide bonds. The van der Waals surface area contributed by atoms with E-state index in [0.717, 1.165) is 35.9 Å². The third-order valence-electron chi connectivity index (χ3n) is 5.49. The summed E-state index contributed by atoms with van der Waals surface area (Å²) >= 11 is 2.87. The lowest BCUT2D eigenvalue weighted by molar-refractivity contribution is -0.145. The number of rotatable bonds is 9. The molecule has 29 heavy (non-hydrogen) atoms. The average Bonchev–Trinajstić information content (AvgIpc) is 3.08. The summed E-state index contributed by atoms with van der Waals surface area (Å²) < 4.78 is 0.912. The molecule has 2 N–H and O–H groups in total. The van der Waals surface area contributed by atoms with Gasteiger partial charge in [-0.1, -0.05) is 32.1 Å². The van der Waals surface area contributed by atoms with Crippen molar-refractivity contribution >= 4 is 40.2 Å². The van der Waals surface area contributed by atoms with Crippen LogP contribution in [0.5, 0.6) is 0 Å². The molecule has 0 saturated heterocycles. The molecule has 0 bridgehead atoms. The molecule has 0 atom stereocenters. The zero-order valence-electron chi connectivity index (χ0n) is 18.2. The number of carboxylic acids is 1. The van der Waals surface area contributed by atoms with Gasteiger partial charge in [-0.2, -0.15) is 0 Å². The third-order valence-corrected chi connectivity index (χ3v) is 8.05. The number of hydrogen-bond donors (Lipinski definition) is 2. The van der Waals surface area contributed by atoms with E-state index in [1.165, 1.54) is 35.9 Å². The van der Waals surface area contributed by atoms with Crippen molar-refractivity contribution in [3.8, 4) is 0 Å². The second-order valence-electron chi connectivity index (χ2n) is 9.18. The number of aromatic nitrogens is 1. The molecule has 0 spiro atoms. The van der Waals surface area contributed by atoms with Gasteiger partial charge in [-0.15, -0.1) is 11.8 Å². The van der Waals surface area contributed by atoms with Crippen molar-refractivity contribution in [2.24, 2.45) is 17.3 Å². The summed E-state index contributed by atoms with van der Waals surface area (Å²) in [7, 11) is 0. The number of carboxylic acid groups (broad SMARTS) is 1. The number of urea groups is 1. The number of thioether (sulfide) groups is 1. The number of carbonyl (C=O) groups excluding carboxylic acids is 1. The van der Waals surface area contributed by atoms with Crippen LogP contribution < -0.4 is 5.32 Å². The highest BCUT2D eigenvalue weighted by molar-refractivity contribution is 8.01. The molecule has 0 aliphatic heterocycles. The fourth-order valence-electron chi connectivity index (χ4n) is 3.26. The molecule has 1 heterocycles. The first-order valence-corrected chi connectivity index (χ1v) is 12.3. The number of nitrogens with one attached hydrogen (secondary N) is 1. The van der Waals surface area contributed by atoms with Crippen molar-refractivity contribution in [3.05, 3.63) is 6.20 Å². The molecular formula is C21H35N3O3S2. The first-order chi connectivity index (χ1) is 13.6. The average molecular weight is 442 g/mol. The molecule has 0 unspecified atom stereocenters. The second-order valence-corrected chi connectivity index (χ2v) is 11.5. The molecule has 1 aromatic rings. The predicted molar refractivity (Wildman–Crippen MR) is 121 cm³/mol. The molecule has 164 valence electrons. The summed E-state index contributed by atoms with van der Waals surface area (Å²) in [6.45, 7) is 10.8. The molecule has 2 rings (SSSR count). The van der Waals surface area contributed by atoms with Crippen LogP contribution in [0.15, 0.2) is 10.4 Å². The molecule has 1 fully saturated rings. The van der Waals surface area contributed by atoms with E-state index in [2.05, 4.69) is 31.1 Å². The standard InChI is InChI=1S/C21H35N3O3S2/c1-14(2)10-11-24(16-8-6-15(3)7-9-16)20(27)23-19-22-12-17(29-19)28-13-21(4,5)18(25)26/h12,14-16H,6-11,13H2,1-5H3,(H,25,26)(H,22,23,27). The number of carbonyl (C=O) groups is 2. The van der Waals surface area contributed by atoms with Crippen LogP contribution in [0.4, 0.5) is 9.93 Å². The van der Waals surface area contributed by atoms with Crippen molar-refractivity contribution in [2.75, 3.05) is 17.6 Å². The highest BCUT2D eigenvalue weighted by atomic mass is 32.2. The minimum atomic E-state index is -0.814. The van der Waals surface area contributed by atoms with Crippen LogP contribution in [0.25, 0.3) is 0 Å². The highest BCUT2D eigenvalue weighted by Gasteiger charge is 2.29. The van der Waals surface area contributed by atoms with E-state index in [1.54, 1.807) is 20.0 Å². The van der Waals surface area contributed by atoms with Crippen molar-refractivity contribution < 1.29 is 14.7 Å². The Morgan fingerprint density at radius 2 is 2.00 bits per heavy atom. The van der Waals surface area contributed by atoms with E-state index in [0.29, 0.717) is 22.8 Å². The van der Waals surface area contributed by atoms with Gasteiger partial charge in [0.15, 0.2) is 5.13 Å². The highest BCUT2D eigenvalue weighted by Crippen LogP contribution is 2.34. The zero-order chi connectivity index (χ0) is 21.6. The third kappa shape index (κ3) is 7.48. The van der Waals surface area contributed by atoms with Crippen LogP contribution >= 0.6 is 23.1 Å².